The average molecular weight is 441 g/mol. The van der Waals surface area contributed by atoms with Crippen LogP contribution in [0.5, 0.6) is 0 Å². The second-order valence-corrected chi connectivity index (χ2v) is 10.7. The van der Waals surface area contributed by atoms with E-state index < -0.39 is 9.84 Å². The highest BCUT2D eigenvalue weighted by molar-refractivity contribution is 7.99. The summed E-state index contributed by atoms with van der Waals surface area (Å²) in [5.41, 5.74) is 3.45. The van der Waals surface area contributed by atoms with Gasteiger partial charge in [-0.25, -0.2) is 18.4 Å². The van der Waals surface area contributed by atoms with Gasteiger partial charge in [0.05, 0.1) is 33.8 Å². The minimum absolute atomic E-state index is 0.0462. The maximum absolute atomic E-state index is 12.8. The first-order valence-corrected chi connectivity index (χ1v) is 12.5. The zero-order valence-electron chi connectivity index (χ0n) is 16.4. The Balaban J connectivity index is 1.50. The molecule has 1 atom stereocenters. The predicted molar refractivity (Wildman–Crippen MR) is 119 cm³/mol. The van der Waals surface area contributed by atoms with E-state index in [9.17, 15) is 13.2 Å². The van der Waals surface area contributed by atoms with Crippen LogP contribution in [0.25, 0.3) is 27.6 Å². The first-order valence-electron chi connectivity index (χ1n) is 9.68. The van der Waals surface area contributed by atoms with Gasteiger partial charge < -0.3 is 4.90 Å². The molecular formula is C21H20N4O3S2. The molecule has 1 fully saturated rings. The molecule has 1 aliphatic heterocycles. The molecule has 1 saturated heterocycles. The van der Waals surface area contributed by atoms with E-state index in [4.69, 9.17) is 9.97 Å². The fourth-order valence-electron chi connectivity index (χ4n) is 3.92. The van der Waals surface area contributed by atoms with E-state index >= 15 is 0 Å². The number of aromatic nitrogens is 3. The number of rotatable bonds is 4. The molecule has 0 bridgehead atoms. The number of thioether (sulfide) groups is 1. The SMILES string of the molecule is CN(C(=O)CSc1nc2ccccc2c2nc3ccccc3n12)[C@@H]1CCS(=O)(=O)C1. The second kappa shape index (κ2) is 7.24. The number of amides is 1. The highest BCUT2D eigenvalue weighted by Crippen LogP contribution is 2.29. The second-order valence-electron chi connectivity index (χ2n) is 7.52. The maximum Gasteiger partial charge on any atom is 0.233 e. The minimum atomic E-state index is -3.04. The van der Waals surface area contributed by atoms with Gasteiger partial charge in [-0.3, -0.25) is 9.20 Å². The molecule has 2 aromatic heterocycles. The van der Waals surface area contributed by atoms with E-state index in [1.165, 1.54) is 11.8 Å². The van der Waals surface area contributed by atoms with Crippen LogP contribution in [0.15, 0.2) is 53.7 Å². The van der Waals surface area contributed by atoms with Gasteiger partial charge in [0.25, 0.3) is 0 Å². The molecule has 2 aromatic carbocycles. The van der Waals surface area contributed by atoms with Crippen molar-refractivity contribution in [2.75, 3.05) is 24.3 Å². The Morgan fingerprint density at radius 1 is 1.13 bits per heavy atom. The lowest BCUT2D eigenvalue weighted by Gasteiger charge is -2.23. The number of benzene rings is 2. The van der Waals surface area contributed by atoms with Crippen molar-refractivity contribution in [2.45, 2.75) is 17.6 Å². The van der Waals surface area contributed by atoms with Gasteiger partial charge in [-0.15, -0.1) is 0 Å². The van der Waals surface area contributed by atoms with Crippen LogP contribution < -0.4 is 0 Å². The fraction of sp³-hybridized carbons (Fsp3) is 0.286. The van der Waals surface area contributed by atoms with Gasteiger partial charge in [-0.2, -0.15) is 0 Å². The molecular weight excluding hydrogens is 420 g/mol. The molecule has 0 unspecified atom stereocenters. The van der Waals surface area contributed by atoms with E-state index in [1.807, 2.05) is 52.9 Å². The standard InChI is InChI=1S/C21H20N4O3S2/c1-24(14-10-11-30(27,28)13-14)19(26)12-29-21-23-16-7-3-2-6-15(16)20-22-17-8-4-5-9-18(17)25(20)21/h2-9,14H,10-13H2,1H3/t14-/m1/s1. The zero-order valence-corrected chi connectivity index (χ0v) is 18.0. The summed E-state index contributed by atoms with van der Waals surface area (Å²) < 4.78 is 25.5. The summed E-state index contributed by atoms with van der Waals surface area (Å²) >= 11 is 1.35. The molecule has 4 aromatic rings. The van der Waals surface area contributed by atoms with Crippen LogP contribution in [0, 0.1) is 0 Å². The zero-order chi connectivity index (χ0) is 20.9. The van der Waals surface area contributed by atoms with Gasteiger partial charge in [0.2, 0.25) is 5.91 Å². The number of carbonyl (C=O) groups excluding carboxylic acids is 1. The predicted octanol–water partition coefficient (Wildman–Crippen LogP) is 2.77. The third-order valence-corrected chi connectivity index (χ3v) is 8.26. The molecule has 1 aliphatic rings. The van der Waals surface area contributed by atoms with Crippen LogP contribution in [-0.2, 0) is 14.6 Å². The van der Waals surface area contributed by atoms with Crippen LogP contribution >= 0.6 is 11.8 Å². The summed E-state index contributed by atoms with van der Waals surface area (Å²) in [5.74, 6) is 0.274. The number of hydrogen-bond acceptors (Lipinski definition) is 6. The molecule has 0 aliphatic carbocycles. The normalized spacial score (nSPS) is 18.4. The van der Waals surface area contributed by atoms with Crippen molar-refractivity contribution in [3.63, 3.8) is 0 Å². The van der Waals surface area contributed by atoms with E-state index in [0.29, 0.717) is 11.6 Å². The van der Waals surface area contributed by atoms with Crippen molar-refractivity contribution in [1.29, 1.82) is 0 Å². The van der Waals surface area contributed by atoms with Crippen molar-refractivity contribution in [3.05, 3.63) is 48.5 Å². The Hall–Kier alpha value is -2.65. The topological polar surface area (TPSA) is 84.6 Å². The number of imidazole rings is 1. The summed E-state index contributed by atoms with van der Waals surface area (Å²) in [5, 5.41) is 1.65. The first-order chi connectivity index (χ1) is 14.4. The van der Waals surface area contributed by atoms with Crippen molar-refractivity contribution >= 4 is 55.1 Å². The molecule has 0 saturated carbocycles. The lowest BCUT2D eigenvalue weighted by Crippen LogP contribution is -2.38. The molecule has 1 amide bonds. The van der Waals surface area contributed by atoms with E-state index in [2.05, 4.69) is 0 Å². The molecule has 154 valence electrons. The Morgan fingerprint density at radius 2 is 1.87 bits per heavy atom. The summed E-state index contributed by atoms with van der Waals surface area (Å²) in [6.07, 6.45) is 0.500. The number of nitrogens with zero attached hydrogens (tertiary/aromatic N) is 4. The van der Waals surface area contributed by atoms with Crippen LogP contribution in [0.2, 0.25) is 0 Å². The lowest BCUT2D eigenvalue weighted by molar-refractivity contribution is -0.128. The summed E-state index contributed by atoms with van der Waals surface area (Å²) in [7, 11) is -1.35. The van der Waals surface area contributed by atoms with Crippen LogP contribution in [0.3, 0.4) is 0 Å². The number of hydrogen-bond donors (Lipinski definition) is 0. The molecule has 0 N–H and O–H groups in total. The maximum atomic E-state index is 12.8. The van der Waals surface area contributed by atoms with Crippen LogP contribution in [-0.4, -0.2) is 63.9 Å². The quantitative estimate of drug-likeness (QED) is 0.358. The monoisotopic (exact) mass is 440 g/mol. The third-order valence-electron chi connectivity index (χ3n) is 5.59. The molecule has 0 radical (unpaired) electrons. The Labute approximate surface area is 178 Å². The molecule has 5 rings (SSSR count). The summed E-state index contributed by atoms with van der Waals surface area (Å²) in [6, 6.07) is 15.4. The summed E-state index contributed by atoms with van der Waals surface area (Å²) in [6.45, 7) is 0. The molecule has 7 nitrogen and oxygen atoms in total. The van der Waals surface area contributed by atoms with E-state index in [1.54, 1.807) is 11.9 Å². The number of carbonyl (C=O) groups is 1. The van der Waals surface area contributed by atoms with Crippen molar-refractivity contribution in [3.8, 4) is 0 Å². The molecule has 9 heteroatoms. The smallest absolute Gasteiger partial charge is 0.233 e. The van der Waals surface area contributed by atoms with E-state index in [-0.39, 0.29) is 29.2 Å². The Kier molecular flexibility index (Phi) is 4.67. The van der Waals surface area contributed by atoms with Gasteiger partial charge in [-0.1, -0.05) is 36.0 Å². The van der Waals surface area contributed by atoms with Crippen LogP contribution in [0.1, 0.15) is 6.42 Å². The summed E-state index contributed by atoms with van der Waals surface area (Å²) in [4.78, 5) is 23.9. The first kappa shape index (κ1) is 19.3. The Morgan fingerprint density at radius 3 is 2.63 bits per heavy atom. The number of para-hydroxylation sites is 3. The number of fused-ring (bicyclic) bond motifs is 5. The highest BCUT2D eigenvalue weighted by Gasteiger charge is 2.32. The van der Waals surface area contributed by atoms with Gasteiger partial charge in [0, 0.05) is 18.5 Å². The third kappa shape index (κ3) is 3.31. The minimum Gasteiger partial charge on any atom is -0.341 e. The van der Waals surface area contributed by atoms with Crippen molar-refractivity contribution in [2.24, 2.45) is 0 Å². The van der Waals surface area contributed by atoms with Crippen molar-refractivity contribution < 1.29 is 13.2 Å². The molecule has 3 heterocycles. The van der Waals surface area contributed by atoms with Gasteiger partial charge in [0.15, 0.2) is 15.0 Å². The van der Waals surface area contributed by atoms with E-state index in [0.717, 1.165) is 27.6 Å². The van der Waals surface area contributed by atoms with Crippen molar-refractivity contribution in [1.82, 2.24) is 19.3 Å². The number of sulfone groups is 1. The molecule has 30 heavy (non-hydrogen) atoms. The van der Waals surface area contributed by atoms with Gasteiger partial charge >= 0.3 is 0 Å². The van der Waals surface area contributed by atoms with Gasteiger partial charge in [-0.05, 0) is 30.7 Å². The fourth-order valence-corrected chi connectivity index (χ4v) is 6.63. The van der Waals surface area contributed by atoms with Gasteiger partial charge in [0.1, 0.15) is 5.65 Å². The molecule has 0 spiro atoms. The lowest BCUT2D eigenvalue weighted by atomic mass is 10.2. The highest BCUT2D eigenvalue weighted by atomic mass is 32.2. The largest absolute Gasteiger partial charge is 0.341 e. The average Bonchev–Trinajstić information content (AvgIpc) is 3.31. The Bertz CT molecular complexity index is 1400. The van der Waals surface area contributed by atoms with Crippen LogP contribution in [0.4, 0.5) is 0 Å².